The normalized spacial score (nSPS) is 15.3. The Morgan fingerprint density at radius 2 is 1.62 bits per heavy atom. The van der Waals surface area contributed by atoms with Gasteiger partial charge in [0.05, 0.1) is 6.10 Å². The third-order valence-corrected chi connectivity index (χ3v) is 3.81. The maximum atomic E-state index is 11.5. The summed E-state index contributed by atoms with van der Waals surface area (Å²) < 4.78 is 11.0. The molecule has 0 unspecified atom stereocenters. The molecule has 7 nitrogen and oxygen atoms in total. The average Bonchev–Trinajstić information content (AvgIpc) is 3.04. The number of halogens is 1. The number of hydrogen-bond donors (Lipinski definition) is 3. The maximum Gasteiger partial charge on any atom is 0.407 e. The SMILES string of the molecule is CN=C(NCCCNC(=O)OC(C)(C)C)NCCCOC1CCCC1.I. The molecule has 0 atom stereocenters. The van der Waals surface area contributed by atoms with Crippen molar-refractivity contribution in [2.45, 2.75) is 71.0 Å². The molecule has 0 saturated heterocycles. The highest BCUT2D eigenvalue weighted by atomic mass is 127. The highest BCUT2D eigenvalue weighted by Gasteiger charge is 2.15. The van der Waals surface area contributed by atoms with Gasteiger partial charge in [0.25, 0.3) is 0 Å². The highest BCUT2D eigenvalue weighted by molar-refractivity contribution is 14.0. The zero-order valence-corrected chi connectivity index (χ0v) is 19.1. The van der Waals surface area contributed by atoms with Gasteiger partial charge in [-0.3, -0.25) is 4.99 Å². The van der Waals surface area contributed by atoms with Gasteiger partial charge in [-0.05, 0) is 46.5 Å². The molecule has 26 heavy (non-hydrogen) atoms. The van der Waals surface area contributed by atoms with Crippen LogP contribution in [0.15, 0.2) is 4.99 Å². The summed E-state index contributed by atoms with van der Waals surface area (Å²) in [5.74, 6) is 0.776. The van der Waals surface area contributed by atoms with Crippen molar-refractivity contribution >= 4 is 36.0 Å². The predicted octanol–water partition coefficient (Wildman–Crippen LogP) is 3.03. The van der Waals surface area contributed by atoms with Crippen LogP contribution >= 0.6 is 24.0 Å². The van der Waals surface area contributed by atoms with Gasteiger partial charge in [0.15, 0.2) is 5.96 Å². The molecule has 154 valence electrons. The summed E-state index contributed by atoms with van der Waals surface area (Å²) in [6.07, 6.45) is 6.92. The summed E-state index contributed by atoms with van der Waals surface area (Å²) >= 11 is 0. The van der Waals surface area contributed by atoms with Crippen LogP contribution in [-0.2, 0) is 9.47 Å². The van der Waals surface area contributed by atoms with Crippen LogP contribution < -0.4 is 16.0 Å². The second kappa shape index (κ2) is 14.3. The standard InChI is InChI=1S/C18H36N4O3.HI/c1-18(2,3)25-17(23)22-12-7-11-20-16(19-4)21-13-8-14-24-15-9-5-6-10-15;/h15H,5-14H2,1-4H3,(H,22,23)(H2,19,20,21);1H. The molecule has 0 aromatic carbocycles. The smallest absolute Gasteiger partial charge is 0.407 e. The number of guanidine groups is 1. The van der Waals surface area contributed by atoms with Crippen LogP contribution in [0.5, 0.6) is 0 Å². The van der Waals surface area contributed by atoms with E-state index >= 15 is 0 Å². The largest absolute Gasteiger partial charge is 0.444 e. The van der Waals surface area contributed by atoms with Gasteiger partial charge in [0.2, 0.25) is 0 Å². The summed E-state index contributed by atoms with van der Waals surface area (Å²) in [6.45, 7) is 8.48. The number of carbonyl (C=O) groups excluding carboxylic acids is 1. The van der Waals surface area contributed by atoms with Crippen LogP contribution in [0.3, 0.4) is 0 Å². The predicted molar refractivity (Wildman–Crippen MR) is 116 cm³/mol. The van der Waals surface area contributed by atoms with E-state index in [4.69, 9.17) is 9.47 Å². The van der Waals surface area contributed by atoms with Crippen molar-refractivity contribution in [1.82, 2.24) is 16.0 Å². The Balaban J connectivity index is 0.00000625. The number of aliphatic imine (C=N–C) groups is 1. The molecule has 0 aromatic rings. The number of nitrogens with one attached hydrogen (secondary N) is 3. The molecule has 0 aromatic heterocycles. The van der Waals surface area contributed by atoms with Gasteiger partial charge in [0.1, 0.15) is 5.60 Å². The van der Waals surface area contributed by atoms with Crippen LogP contribution in [0.2, 0.25) is 0 Å². The Morgan fingerprint density at radius 1 is 1.04 bits per heavy atom. The van der Waals surface area contributed by atoms with Crippen LogP contribution in [-0.4, -0.2) is 57.0 Å². The van der Waals surface area contributed by atoms with Gasteiger partial charge >= 0.3 is 6.09 Å². The molecule has 1 saturated carbocycles. The molecule has 1 fully saturated rings. The van der Waals surface area contributed by atoms with E-state index in [9.17, 15) is 4.79 Å². The Hall–Kier alpha value is -0.770. The molecule has 0 aliphatic heterocycles. The van der Waals surface area contributed by atoms with Gasteiger partial charge in [0, 0.05) is 33.3 Å². The fraction of sp³-hybridized carbons (Fsp3) is 0.889. The molecule has 1 rings (SSSR count). The molecule has 0 spiro atoms. The molecule has 0 bridgehead atoms. The maximum absolute atomic E-state index is 11.5. The lowest BCUT2D eigenvalue weighted by Crippen LogP contribution is -2.39. The van der Waals surface area contributed by atoms with Crippen LogP contribution in [0.4, 0.5) is 4.79 Å². The number of hydrogen-bond acceptors (Lipinski definition) is 4. The molecular formula is C18H37IN4O3. The summed E-state index contributed by atoms with van der Waals surface area (Å²) in [6, 6.07) is 0. The Bertz CT molecular complexity index is 408. The summed E-state index contributed by atoms with van der Waals surface area (Å²) in [5, 5.41) is 9.24. The molecular weight excluding hydrogens is 447 g/mol. The number of alkyl carbamates (subject to hydrolysis) is 1. The van der Waals surface area contributed by atoms with Crippen molar-refractivity contribution in [3.8, 4) is 0 Å². The second-order valence-corrected chi connectivity index (χ2v) is 7.34. The van der Waals surface area contributed by atoms with E-state index in [2.05, 4.69) is 20.9 Å². The molecule has 0 radical (unpaired) electrons. The molecule has 1 aliphatic rings. The first-order chi connectivity index (χ1) is 11.9. The van der Waals surface area contributed by atoms with Crippen molar-refractivity contribution in [3.05, 3.63) is 0 Å². The minimum atomic E-state index is -0.463. The topological polar surface area (TPSA) is 84.0 Å². The van der Waals surface area contributed by atoms with Crippen molar-refractivity contribution < 1.29 is 14.3 Å². The Labute approximate surface area is 175 Å². The quantitative estimate of drug-likeness (QED) is 0.203. The zero-order chi connectivity index (χ0) is 18.5. The van der Waals surface area contributed by atoms with Gasteiger partial charge in [-0.25, -0.2) is 4.79 Å². The van der Waals surface area contributed by atoms with E-state index in [1.807, 2.05) is 20.8 Å². The molecule has 8 heteroatoms. The first-order valence-corrected chi connectivity index (χ1v) is 9.43. The van der Waals surface area contributed by atoms with Gasteiger partial charge in [-0.1, -0.05) is 12.8 Å². The molecule has 0 heterocycles. The highest BCUT2D eigenvalue weighted by Crippen LogP contribution is 2.20. The third kappa shape index (κ3) is 13.4. The van der Waals surface area contributed by atoms with E-state index in [0.717, 1.165) is 38.5 Å². The van der Waals surface area contributed by atoms with Gasteiger partial charge in [-0.15, -0.1) is 24.0 Å². The van der Waals surface area contributed by atoms with Crippen LogP contribution in [0.1, 0.15) is 59.3 Å². The second-order valence-electron chi connectivity index (χ2n) is 7.34. The number of rotatable bonds is 9. The number of amides is 1. The Kier molecular flexibility index (Phi) is 13.9. The lowest BCUT2D eigenvalue weighted by Gasteiger charge is -2.19. The minimum absolute atomic E-state index is 0. The summed E-state index contributed by atoms with van der Waals surface area (Å²) in [7, 11) is 1.75. The monoisotopic (exact) mass is 484 g/mol. The lowest BCUT2D eigenvalue weighted by molar-refractivity contribution is 0.0527. The van der Waals surface area contributed by atoms with Crippen molar-refractivity contribution in [2.75, 3.05) is 33.3 Å². The zero-order valence-electron chi connectivity index (χ0n) is 16.7. The summed E-state index contributed by atoms with van der Waals surface area (Å²) in [5.41, 5.74) is -0.463. The Morgan fingerprint density at radius 3 is 2.19 bits per heavy atom. The molecule has 3 N–H and O–H groups in total. The number of ether oxygens (including phenoxy) is 2. The molecule has 1 amide bonds. The number of carbonyl (C=O) groups is 1. The van der Waals surface area contributed by atoms with Crippen molar-refractivity contribution in [1.29, 1.82) is 0 Å². The average molecular weight is 484 g/mol. The van der Waals surface area contributed by atoms with E-state index < -0.39 is 5.60 Å². The third-order valence-electron chi connectivity index (χ3n) is 3.81. The number of nitrogens with zero attached hydrogens (tertiary/aromatic N) is 1. The summed E-state index contributed by atoms with van der Waals surface area (Å²) in [4.78, 5) is 15.7. The molecule has 1 aliphatic carbocycles. The van der Waals surface area contributed by atoms with E-state index in [1.54, 1.807) is 7.05 Å². The minimum Gasteiger partial charge on any atom is -0.444 e. The van der Waals surface area contributed by atoms with E-state index in [1.165, 1.54) is 25.7 Å². The first kappa shape index (κ1) is 25.2. The van der Waals surface area contributed by atoms with Crippen LogP contribution in [0, 0.1) is 0 Å². The van der Waals surface area contributed by atoms with E-state index in [-0.39, 0.29) is 30.1 Å². The van der Waals surface area contributed by atoms with Gasteiger partial charge in [-0.2, -0.15) is 0 Å². The van der Waals surface area contributed by atoms with Crippen LogP contribution in [0.25, 0.3) is 0 Å². The fourth-order valence-electron chi connectivity index (χ4n) is 2.60. The van der Waals surface area contributed by atoms with Crippen molar-refractivity contribution in [2.24, 2.45) is 4.99 Å². The lowest BCUT2D eigenvalue weighted by atomic mass is 10.2. The first-order valence-electron chi connectivity index (χ1n) is 9.43. The fourth-order valence-corrected chi connectivity index (χ4v) is 2.60. The van der Waals surface area contributed by atoms with Gasteiger partial charge < -0.3 is 25.4 Å². The van der Waals surface area contributed by atoms with Crippen molar-refractivity contribution in [3.63, 3.8) is 0 Å². The van der Waals surface area contributed by atoms with E-state index in [0.29, 0.717) is 12.6 Å².